The number of aromatic nitrogens is 3. The van der Waals surface area contributed by atoms with Crippen LogP contribution in [0.2, 0.25) is 0 Å². The molecule has 1 aliphatic rings. The lowest BCUT2D eigenvalue weighted by atomic mass is 9.82. The van der Waals surface area contributed by atoms with E-state index in [4.69, 9.17) is 0 Å². The molecule has 0 aromatic carbocycles. The molecule has 3 aromatic rings. The number of rotatable bonds is 5. The van der Waals surface area contributed by atoms with Crippen LogP contribution in [-0.2, 0) is 4.79 Å². The highest BCUT2D eigenvalue weighted by Crippen LogP contribution is 2.41. The molecule has 0 spiro atoms. The number of hydrogen-bond donors (Lipinski definition) is 0. The van der Waals surface area contributed by atoms with Crippen LogP contribution in [0.15, 0.2) is 59.1 Å². The lowest BCUT2D eigenvalue weighted by Crippen LogP contribution is -2.29. The Bertz CT molecular complexity index is 1020. The summed E-state index contributed by atoms with van der Waals surface area (Å²) in [6, 6.07) is 7.27. The summed E-state index contributed by atoms with van der Waals surface area (Å²) in [5.41, 5.74) is 0.928. The first-order chi connectivity index (χ1) is 13.1. The van der Waals surface area contributed by atoms with Crippen LogP contribution in [0.3, 0.4) is 0 Å². The molecule has 27 heavy (non-hydrogen) atoms. The predicted molar refractivity (Wildman–Crippen MR) is 104 cm³/mol. The van der Waals surface area contributed by atoms with E-state index in [9.17, 15) is 14.9 Å². The molecule has 0 aliphatic heterocycles. The molecule has 0 radical (unpaired) electrons. The minimum Gasteiger partial charge on any atom is -0.390 e. The van der Waals surface area contributed by atoms with E-state index in [1.165, 1.54) is 11.0 Å². The number of nitro groups is 1. The number of hydrogen-bond acceptors (Lipinski definition) is 7. The van der Waals surface area contributed by atoms with Gasteiger partial charge < -0.3 is 10.1 Å². The summed E-state index contributed by atoms with van der Waals surface area (Å²) in [6.07, 6.45) is 7.47. The van der Waals surface area contributed by atoms with Crippen molar-refractivity contribution in [2.75, 3.05) is 0 Å². The Balaban J connectivity index is 1.68. The van der Waals surface area contributed by atoms with Crippen LogP contribution >= 0.6 is 22.7 Å². The SMILES string of the molecule is O=C1C=C(C=Cc2cccs2)C[C@H](c2cccs2)[C@H]1n1cnc([N+](=O)[O-])n1. The van der Waals surface area contributed by atoms with Crippen LogP contribution in [0.25, 0.3) is 6.08 Å². The zero-order chi connectivity index (χ0) is 18.8. The molecule has 0 bridgehead atoms. The normalized spacial score (nSPS) is 20.1. The monoisotopic (exact) mass is 398 g/mol. The van der Waals surface area contributed by atoms with E-state index in [0.29, 0.717) is 6.42 Å². The molecule has 3 aromatic heterocycles. The van der Waals surface area contributed by atoms with Gasteiger partial charge in [-0.1, -0.05) is 23.2 Å². The summed E-state index contributed by atoms with van der Waals surface area (Å²) in [4.78, 5) is 29.0. The third-order valence-corrected chi connectivity index (χ3v) is 6.16. The molecule has 0 unspecified atom stereocenters. The highest BCUT2D eigenvalue weighted by atomic mass is 32.1. The van der Waals surface area contributed by atoms with Crippen molar-refractivity contribution in [3.8, 4) is 0 Å². The molecule has 0 N–H and O–H groups in total. The Labute approximate surface area is 162 Å². The maximum absolute atomic E-state index is 12.9. The summed E-state index contributed by atoms with van der Waals surface area (Å²) in [5.74, 6) is -0.780. The van der Waals surface area contributed by atoms with E-state index in [1.54, 1.807) is 28.7 Å². The standard InChI is InChI=1S/C18H14N4O3S2/c23-15-10-12(5-6-13-3-1-7-26-13)9-14(16-4-2-8-27-16)17(15)21-11-19-18(20-21)22(24)25/h1-8,10-11,14,17H,9H2/t14-,17-/m1/s1. The van der Waals surface area contributed by atoms with E-state index in [-0.39, 0.29) is 11.7 Å². The van der Waals surface area contributed by atoms with Gasteiger partial charge in [0.15, 0.2) is 5.78 Å². The topological polar surface area (TPSA) is 90.9 Å². The molecule has 0 saturated heterocycles. The van der Waals surface area contributed by atoms with Gasteiger partial charge in [-0.05, 0) is 52.0 Å². The second kappa shape index (κ2) is 7.37. The van der Waals surface area contributed by atoms with Crippen LogP contribution in [0.1, 0.15) is 28.1 Å². The van der Waals surface area contributed by atoms with E-state index in [0.717, 1.165) is 15.3 Å². The molecule has 3 heterocycles. The fraction of sp³-hybridized carbons (Fsp3) is 0.167. The molecule has 4 rings (SSSR count). The van der Waals surface area contributed by atoms with Crippen molar-refractivity contribution >= 4 is 40.5 Å². The molecule has 7 nitrogen and oxygen atoms in total. The summed E-state index contributed by atoms with van der Waals surface area (Å²) in [7, 11) is 0. The lowest BCUT2D eigenvalue weighted by Gasteiger charge is -2.27. The predicted octanol–water partition coefficient (Wildman–Crippen LogP) is 4.25. The van der Waals surface area contributed by atoms with Crippen LogP contribution in [0.4, 0.5) is 5.95 Å². The Hall–Kier alpha value is -2.91. The highest BCUT2D eigenvalue weighted by molar-refractivity contribution is 7.10. The number of nitrogens with zero attached hydrogens (tertiary/aromatic N) is 4. The van der Waals surface area contributed by atoms with Gasteiger partial charge >= 0.3 is 5.95 Å². The van der Waals surface area contributed by atoms with Crippen molar-refractivity contribution in [2.45, 2.75) is 18.4 Å². The van der Waals surface area contributed by atoms with Crippen molar-refractivity contribution < 1.29 is 9.72 Å². The smallest absolute Gasteiger partial charge is 0.390 e. The van der Waals surface area contributed by atoms with Gasteiger partial charge in [0.05, 0.1) is 0 Å². The maximum atomic E-state index is 12.9. The van der Waals surface area contributed by atoms with Crippen molar-refractivity contribution in [3.63, 3.8) is 0 Å². The average Bonchev–Trinajstić information content (AvgIpc) is 3.41. The zero-order valence-electron chi connectivity index (χ0n) is 14.0. The lowest BCUT2D eigenvalue weighted by molar-refractivity contribution is -0.394. The van der Waals surface area contributed by atoms with Crippen molar-refractivity contribution in [1.82, 2.24) is 14.8 Å². The fourth-order valence-corrected chi connectivity index (χ4v) is 4.62. The number of ketones is 1. The van der Waals surface area contributed by atoms with Crippen LogP contribution < -0.4 is 0 Å². The second-order valence-electron chi connectivity index (χ2n) is 6.02. The third kappa shape index (κ3) is 3.64. The first kappa shape index (κ1) is 17.5. The Kier molecular flexibility index (Phi) is 4.78. The van der Waals surface area contributed by atoms with Gasteiger partial charge in [-0.25, -0.2) is 0 Å². The summed E-state index contributed by atoms with van der Waals surface area (Å²) < 4.78 is 1.32. The molecule has 0 saturated carbocycles. The fourth-order valence-electron chi connectivity index (χ4n) is 3.14. The quantitative estimate of drug-likeness (QED) is 0.473. The molecule has 2 atom stereocenters. The number of allylic oxidation sites excluding steroid dienone is 3. The molecular weight excluding hydrogens is 384 g/mol. The van der Waals surface area contributed by atoms with Gasteiger partial charge in [-0.2, -0.15) is 4.68 Å². The van der Waals surface area contributed by atoms with Gasteiger partial charge in [-0.15, -0.1) is 22.7 Å². The Morgan fingerprint density at radius 2 is 2.04 bits per heavy atom. The number of carbonyl (C=O) groups excluding carboxylic acids is 1. The minimum absolute atomic E-state index is 0.134. The number of thiophene rings is 2. The third-order valence-electron chi connectivity index (χ3n) is 4.31. The van der Waals surface area contributed by atoms with E-state index in [1.807, 2.05) is 47.2 Å². The first-order valence-electron chi connectivity index (χ1n) is 8.17. The van der Waals surface area contributed by atoms with Crippen molar-refractivity contribution in [1.29, 1.82) is 0 Å². The molecule has 0 fully saturated rings. The van der Waals surface area contributed by atoms with Gasteiger partial charge in [0.25, 0.3) is 0 Å². The van der Waals surface area contributed by atoms with Crippen LogP contribution in [-0.4, -0.2) is 25.5 Å². The highest BCUT2D eigenvalue weighted by Gasteiger charge is 2.37. The molecule has 1 aliphatic carbocycles. The average molecular weight is 398 g/mol. The van der Waals surface area contributed by atoms with Gasteiger partial charge in [-0.3, -0.25) is 4.79 Å². The number of carbonyl (C=O) groups is 1. The van der Waals surface area contributed by atoms with E-state index >= 15 is 0 Å². The molecule has 0 amide bonds. The van der Waals surface area contributed by atoms with E-state index in [2.05, 4.69) is 10.1 Å². The zero-order valence-corrected chi connectivity index (χ0v) is 15.6. The second-order valence-corrected chi connectivity index (χ2v) is 7.98. The van der Waals surface area contributed by atoms with Crippen LogP contribution in [0, 0.1) is 10.1 Å². The summed E-state index contributed by atoms with van der Waals surface area (Å²) in [6.45, 7) is 0. The largest absolute Gasteiger partial charge is 0.490 e. The van der Waals surface area contributed by atoms with Crippen LogP contribution in [0.5, 0.6) is 0 Å². The van der Waals surface area contributed by atoms with Gasteiger partial charge in [0.1, 0.15) is 6.04 Å². The first-order valence-corrected chi connectivity index (χ1v) is 9.92. The Morgan fingerprint density at radius 3 is 2.70 bits per heavy atom. The maximum Gasteiger partial charge on any atom is 0.490 e. The van der Waals surface area contributed by atoms with E-state index < -0.39 is 16.9 Å². The minimum atomic E-state index is -0.658. The van der Waals surface area contributed by atoms with Crippen molar-refractivity contribution in [3.05, 3.63) is 78.9 Å². The molecular formula is C18H14N4O3S2. The molecule has 136 valence electrons. The van der Waals surface area contributed by atoms with Gasteiger partial charge in [0.2, 0.25) is 6.33 Å². The summed E-state index contributed by atoms with van der Waals surface area (Å²) >= 11 is 3.19. The van der Waals surface area contributed by atoms with Crippen molar-refractivity contribution in [2.24, 2.45) is 0 Å². The Morgan fingerprint density at radius 1 is 1.22 bits per heavy atom. The summed E-state index contributed by atoms with van der Waals surface area (Å²) in [5, 5.41) is 18.8. The molecule has 9 heteroatoms. The van der Waals surface area contributed by atoms with Gasteiger partial charge in [0, 0.05) is 20.8 Å².